The molecular weight excluding hydrogens is 466 g/mol. The van der Waals surface area contributed by atoms with Gasteiger partial charge in [-0.25, -0.2) is 4.98 Å². The highest BCUT2D eigenvalue weighted by Gasteiger charge is 2.13. The SMILES string of the molecule is NCCOCCOCCNc1nc(NCCCn2ccnc2)nc(NCc2ccc3c(c2)OCO3)n1. The quantitative estimate of drug-likeness (QED) is 0.198. The summed E-state index contributed by atoms with van der Waals surface area (Å²) in [6, 6.07) is 5.82. The lowest BCUT2D eigenvalue weighted by molar-refractivity contribution is 0.0547. The van der Waals surface area contributed by atoms with Gasteiger partial charge in [0.25, 0.3) is 0 Å². The first kappa shape index (κ1) is 25.4. The highest BCUT2D eigenvalue weighted by atomic mass is 16.7. The van der Waals surface area contributed by atoms with Gasteiger partial charge in [-0.05, 0) is 24.1 Å². The molecule has 2 aromatic heterocycles. The molecule has 4 rings (SSSR count). The zero-order chi connectivity index (χ0) is 24.8. The normalized spacial score (nSPS) is 12.0. The van der Waals surface area contributed by atoms with E-state index in [9.17, 15) is 0 Å². The van der Waals surface area contributed by atoms with Crippen LogP contribution in [0.5, 0.6) is 11.5 Å². The van der Waals surface area contributed by atoms with E-state index in [4.69, 9.17) is 24.7 Å². The molecule has 0 fully saturated rings. The van der Waals surface area contributed by atoms with Crippen molar-refractivity contribution in [1.29, 1.82) is 0 Å². The number of rotatable bonds is 17. The molecule has 0 atom stereocenters. The van der Waals surface area contributed by atoms with Crippen LogP contribution in [0.25, 0.3) is 0 Å². The molecule has 13 heteroatoms. The molecule has 5 N–H and O–H groups in total. The predicted molar refractivity (Wildman–Crippen MR) is 134 cm³/mol. The van der Waals surface area contributed by atoms with E-state index in [1.165, 1.54) is 0 Å². The van der Waals surface area contributed by atoms with Crippen LogP contribution >= 0.6 is 0 Å². The molecule has 1 aliphatic heterocycles. The van der Waals surface area contributed by atoms with Crippen LogP contribution in [0, 0.1) is 0 Å². The molecule has 0 radical (unpaired) electrons. The molecule has 36 heavy (non-hydrogen) atoms. The van der Waals surface area contributed by atoms with E-state index in [-0.39, 0.29) is 6.79 Å². The molecule has 3 aromatic rings. The number of benzene rings is 1. The Morgan fingerprint density at radius 3 is 2.42 bits per heavy atom. The topological polar surface area (TPSA) is 156 Å². The molecule has 0 bridgehead atoms. The molecular formula is C23H33N9O4. The van der Waals surface area contributed by atoms with Gasteiger partial charge in [0, 0.05) is 45.1 Å². The van der Waals surface area contributed by atoms with Crippen molar-refractivity contribution in [2.24, 2.45) is 5.73 Å². The fourth-order valence-corrected chi connectivity index (χ4v) is 3.37. The standard InChI is InChI=1S/C23H33N9O4/c24-4-10-33-12-13-34-11-7-27-22-29-21(26-5-1-8-32-9-6-25-16-32)30-23(31-22)28-15-18-2-3-19-20(14-18)36-17-35-19/h2-3,6,9,14,16H,1,4-5,7-8,10-13,15,17,24H2,(H3,26,27,28,29,30,31). The van der Waals surface area contributed by atoms with Crippen LogP contribution in [0.2, 0.25) is 0 Å². The Morgan fingerprint density at radius 1 is 0.889 bits per heavy atom. The number of nitrogens with one attached hydrogen (secondary N) is 3. The fourth-order valence-electron chi connectivity index (χ4n) is 3.37. The van der Waals surface area contributed by atoms with Crippen LogP contribution in [0.4, 0.5) is 17.8 Å². The molecule has 1 aliphatic rings. The van der Waals surface area contributed by atoms with E-state index in [1.54, 1.807) is 12.5 Å². The summed E-state index contributed by atoms with van der Waals surface area (Å²) in [5.74, 6) is 2.89. The summed E-state index contributed by atoms with van der Waals surface area (Å²) in [5.41, 5.74) is 6.42. The largest absolute Gasteiger partial charge is 0.454 e. The highest BCUT2D eigenvalue weighted by molar-refractivity contribution is 5.46. The van der Waals surface area contributed by atoms with Crippen molar-refractivity contribution in [3.63, 3.8) is 0 Å². The maximum Gasteiger partial charge on any atom is 0.231 e. The van der Waals surface area contributed by atoms with Crippen molar-refractivity contribution in [3.8, 4) is 11.5 Å². The molecule has 0 saturated carbocycles. The lowest BCUT2D eigenvalue weighted by Gasteiger charge is -2.12. The third kappa shape index (κ3) is 8.22. The molecule has 3 heterocycles. The van der Waals surface area contributed by atoms with Crippen LogP contribution in [0.15, 0.2) is 36.9 Å². The molecule has 0 amide bonds. The Kier molecular flexibility index (Phi) is 9.90. The first-order chi connectivity index (χ1) is 17.8. The summed E-state index contributed by atoms with van der Waals surface area (Å²) >= 11 is 0. The summed E-state index contributed by atoms with van der Waals surface area (Å²) < 4.78 is 23.7. The Balaban J connectivity index is 1.30. The monoisotopic (exact) mass is 499 g/mol. The van der Waals surface area contributed by atoms with E-state index in [0.29, 0.717) is 70.5 Å². The predicted octanol–water partition coefficient (Wildman–Crippen LogP) is 1.31. The van der Waals surface area contributed by atoms with Gasteiger partial charge in [0.05, 0.1) is 32.8 Å². The Hall–Kier alpha value is -3.68. The fraction of sp³-hybridized carbons (Fsp3) is 0.478. The zero-order valence-electron chi connectivity index (χ0n) is 20.2. The minimum absolute atomic E-state index is 0.245. The van der Waals surface area contributed by atoms with Gasteiger partial charge in [0.1, 0.15) is 0 Å². The minimum Gasteiger partial charge on any atom is -0.454 e. The van der Waals surface area contributed by atoms with Crippen molar-refractivity contribution >= 4 is 17.8 Å². The Morgan fingerprint density at radius 2 is 1.64 bits per heavy atom. The molecule has 13 nitrogen and oxygen atoms in total. The molecule has 0 spiro atoms. The van der Waals surface area contributed by atoms with E-state index in [1.807, 2.05) is 29.0 Å². The molecule has 0 unspecified atom stereocenters. The molecule has 1 aromatic carbocycles. The summed E-state index contributed by atoms with van der Waals surface area (Å²) in [5, 5.41) is 9.74. The Labute approximate surface area is 209 Å². The summed E-state index contributed by atoms with van der Waals surface area (Å²) in [4.78, 5) is 17.6. The van der Waals surface area contributed by atoms with Crippen molar-refractivity contribution in [1.82, 2.24) is 24.5 Å². The second-order valence-electron chi connectivity index (χ2n) is 7.87. The average Bonchev–Trinajstić information content (AvgIpc) is 3.59. The van der Waals surface area contributed by atoms with Crippen LogP contribution < -0.4 is 31.2 Å². The number of nitrogens with zero attached hydrogens (tertiary/aromatic N) is 5. The summed E-state index contributed by atoms with van der Waals surface area (Å²) in [6.07, 6.45) is 6.41. The average molecular weight is 500 g/mol. The maximum atomic E-state index is 5.56. The zero-order valence-corrected chi connectivity index (χ0v) is 20.2. The number of aryl methyl sites for hydroxylation is 1. The smallest absolute Gasteiger partial charge is 0.231 e. The van der Waals surface area contributed by atoms with Crippen LogP contribution in [-0.4, -0.2) is 77.4 Å². The van der Waals surface area contributed by atoms with Gasteiger partial charge in [-0.2, -0.15) is 15.0 Å². The number of aromatic nitrogens is 5. The first-order valence-electron chi connectivity index (χ1n) is 12.0. The number of hydrogen-bond donors (Lipinski definition) is 4. The van der Waals surface area contributed by atoms with Crippen molar-refractivity contribution in [2.75, 3.05) is 68.8 Å². The second kappa shape index (κ2) is 14.0. The Bertz CT molecular complexity index is 1050. The molecule has 0 aliphatic carbocycles. The van der Waals surface area contributed by atoms with Crippen LogP contribution in [0.1, 0.15) is 12.0 Å². The van der Waals surface area contributed by atoms with E-state index >= 15 is 0 Å². The van der Waals surface area contributed by atoms with Crippen LogP contribution in [-0.2, 0) is 22.6 Å². The maximum absolute atomic E-state index is 5.56. The van der Waals surface area contributed by atoms with Gasteiger partial charge < -0.3 is 45.2 Å². The van der Waals surface area contributed by atoms with Crippen molar-refractivity contribution < 1.29 is 18.9 Å². The van der Waals surface area contributed by atoms with Gasteiger partial charge >= 0.3 is 0 Å². The number of fused-ring (bicyclic) bond motifs is 1. The lowest BCUT2D eigenvalue weighted by atomic mass is 10.2. The van der Waals surface area contributed by atoms with Crippen molar-refractivity contribution in [2.45, 2.75) is 19.5 Å². The first-order valence-corrected chi connectivity index (χ1v) is 12.0. The molecule has 194 valence electrons. The van der Waals surface area contributed by atoms with E-state index in [0.717, 1.165) is 30.0 Å². The van der Waals surface area contributed by atoms with Gasteiger partial charge in [-0.1, -0.05) is 6.07 Å². The van der Waals surface area contributed by atoms with E-state index < -0.39 is 0 Å². The number of imidazole rings is 1. The summed E-state index contributed by atoms with van der Waals surface area (Å²) in [7, 11) is 0. The van der Waals surface area contributed by atoms with Gasteiger partial charge in [-0.15, -0.1) is 0 Å². The van der Waals surface area contributed by atoms with E-state index in [2.05, 4.69) is 35.9 Å². The molecule has 0 saturated heterocycles. The number of nitrogens with two attached hydrogens (primary N) is 1. The third-order valence-electron chi connectivity index (χ3n) is 5.12. The number of ether oxygens (including phenoxy) is 4. The van der Waals surface area contributed by atoms with Gasteiger partial charge in [0.15, 0.2) is 11.5 Å². The van der Waals surface area contributed by atoms with Gasteiger partial charge in [0.2, 0.25) is 24.6 Å². The number of anilines is 3. The van der Waals surface area contributed by atoms with Crippen molar-refractivity contribution in [3.05, 3.63) is 42.5 Å². The van der Waals surface area contributed by atoms with Gasteiger partial charge in [-0.3, -0.25) is 0 Å². The third-order valence-corrected chi connectivity index (χ3v) is 5.12. The minimum atomic E-state index is 0.245. The highest BCUT2D eigenvalue weighted by Crippen LogP contribution is 2.32. The van der Waals surface area contributed by atoms with Crippen LogP contribution in [0.3, 0.4) is 0 Å². The second-order valence-corrected chi connectivity index (χ2v) is 7.87. The lowest BCUT2D eigenvalue weighted by Crippen LogP contribution is -2.17. The summed E-state index contributed by atoms with van der Waals surface area (Å²) in [6.45, 7) is 5.42. The number of hydrogen-bond acceptors (Lipinski definition) is 12.